The Kier molecular flexibility index (Phi) is 7.49. The molecule has 1 atom stereocenters. The molecule has 0 aliphatic carbocycles. The Bertz CT molecular complexity index is 1050. The van der Waals surface area contributed by atoms with Crippen molar-refractivity contribution in [1.82, 2.24) is 5.32 Å². The maximum Gasteiger partial charge on any atom is 0.232 e. The number of fused-ring (bicyclic) bond motifs is 1. The number of amides is 1. The van der Waals surface area contributed by atoms with Crippen molar-refractivity contribution in [3.05, 3.63) is 59.7 Å². The molecule has 1 N–H and O–H groups in total. The minimum Gasteiger partial charge on any atom is -0.487 e. The molecule has 1 aliphatic heterocycles. The van der Waals surface area contributed by atoms with E-state index in [0.29, 0.717) is 12.1 Å². The lowest BCUT2D eigenvalue weighted by atomic mass is 9.83. The molecule has 6 nitrogen and oxygen atoms in total. The molecule has 0 bridgehead atoms. The lowest BCUT2D eigenvalue weighted by Crippen LogP contribution is -2.44. The molecule has 0 fully saturated rings. The van der Waals surface area contributed by atoms with Gasteiger partial charge in [0, 0.05) is 24.9 Å². The van der Waals surface area contributed by atoms with Gasteiger partial charge in [-0.3, -0.25) is 9.10 Å². The van der Waals surface area contributed by atoms with Crippen LogP contribution >= 0.6 is 0 Å². The largest absolute Gasteiger partial charge is 0.487 e. The summed E-state index contributed by atoms with van der Waals surface area (Å²) in [5, 5.41) is 3.17. The van der Waals surface area contributed by atoms with E-state index in [-0.39, 0.29) is 30.5 Å². The monoisotopic (exact) mass is 458 g/mol. The summed E-state index contributed by atoms with van der Waals surface area (Å²) in [6.45, 7) is 6.41. The summed E-state index contributed by atoms with van der Waals surface area (Å²) in [5.74, 6) is 0.751. The van der Waals surface area contributed by atoms with E-state index in [1.54, 1.807) is 6.07 Å². The van der Waals surface area contributed by atoms with Gasteiger partial charge in [0.15, 0.2) is 0 Å². The summed E-state index contributed by atoms with van der Waals surface area (Å²) in [6, 6.07) is 15.1. The average Bonchev–Trinajstić information content (AvgIpc) is 2.75. The lowest BCUT2D eigenvalue weighted by molar-refractivity contribution is -0.122. The van der Waals surface area contributed by atoms with E-state index in [1.165, 1.54) is 10.6 Å². The van der Waals surface area contributed by atoms with Crippen LogP contribution in [-0.4, -0.2) is 32.7 Å². The van der Waals surface area contributed by atoms with E-state index in [2.05, 4.69) is 19.2 Å². The minimum atomic E-state index is -3.44. The van der Waals surface area contributed by atoms with Crippen LogP contribution in [-0.2, 0) is 14.8 Å². The molecule has 2 aromatic rings. The second kappa shape index (κ2) is 9.94. The number of rotatable bonds is 9. The molecular weight excluding hydrogens is 424 g/mol. The van der Waals surface area contributed by atoms with Crippen LogP contribution in [0.25, 0.3) is 0 Å². The fraction of sp³-hybridized carbons (Fsp3) is 0.480. The summed E-state index contributed by atoms with van der Waals surface area (Å²) in [4.78, 5) is 12.8. The van der Waals surface area contributed by atoms with E-state index in [4.69, 9.17) is 4.74 Å². The Morgan fingerprint density at radius 2 is 1.88 bits per heavy atom. The molecule has 32 heavy (non-hydrogen) atoms. The average molecular weight is 459 g/mol. The van der Waals surface area contributed by atoms with Crippen molar-refractivity contribution in [3.63, 3.8) is 0 Å². The zero-order valence-corrected chi connectivity index (χ0v) is 20.2. The molecule has 1 aliphatic rings. The fourth-order valence-corrected chi connectivity index (χ4v) is 5.31. The normalized spacial score (nSPS) is 17.2. The molecule has 0 radical (unpaired) electrons. The van der Waals surface area contributed by atoms with Crippen molar-refractivity contribution in [1.29, 1.82) is 0 Å². The van der Waals surface area contributed by atoms with Gasteiger partial charge in [-0.15, -0.1) is 0 Å². The number of hydrogen-bond acceptors (Lipinski definition) is 4. The van der Waals surface area contributed by atoms with Gasteiger partial charge >= 0.3 is 0 Å². The third-order valence-electron chi connectivity index (χ3n) is 6.28. The Morgan fingerprint density at radius 1 is 1.16 bits per heavy atom. The molecule has 174 valence electrons. The van der Waals surface area contributed by atoms with Gasteiger partial charge < -0.3 is 10.1 Å². The highest BCUT2D eigenvalue weighted by molar-refractivity contribution is 7.92. The van der Waals surface area contributed by atoms with Crippen molar-refractivity contribution >= 4 is 21.6 Å². The van der Waals surface area contributed by atoms with Crippen molar-refractivity contribution < 1.29 is 17.9 Å². The maximum absolute atomic E-state index is 12.8. The highest BCUT2D eigenvalue weighted by Crippen LogP contribution is 2.42. The van der Waals surface area contributed by atoms with Crippen LogP contribution in [0.15, 0.2) is 48.5 Å². The van der Waals surface area contributed by atoms with Crippen LogP contribution in [0.4, 0.5) is 5.69 Å². The van der Waals surface area contributed by atoms with E-state index < -0.39 is 10.0 Å². The minimum absolute atomic E-state index is 0.0782. The molecule has 0 saturated carbocycles. The Balaban J connectivity index is 1.66. The predicted octanol–water partition coefficient (Wildman–Crippen LogP) is 4.74. The first-order valence-corrected chi connectivity index (χ1v) is 13.1. The number of nitrogens with one attached hydrogen (secondary N) is 1. The molecule has 3 rings (SSSR count). The molecule has 0 aromatic heterocycles. The Hall–Kier alpha value is -2.54. The van der Waals surface area contributed by atoms with Gasteiger partial charge in [-0.2, -0.15) is 0 Å². The van der Waals surface area contributed by atoms with E-state index in [0.717, 1.165) is 36.1 Å². The standard InChI is InChI=1S/C25H34N2O4S/c1-5-25(6-2)18-22(21-13-7-8-14-23(21)31-25)26-24(28)15-10-16-27(32(4,29)30)20-12-9-11-19(3)17-20/h7-9,11-14,17,22H,5-6,10,15-16,18H2,1-4H3,(H,26,28)/t22-/m1/s1. The van der Waals surface area contributed by atoms with Gasteiger partial charge in [0.2, 0.25) is 15.9 Å². The van der Waals surface area contributed by atoms with Crippen LogP contribution < -0.4 is 14.4 Å². The smallest absolute Gasteiger partial charge is 0.232 e. The topological polar surface area (TPSA) is 75.7 Å². The molecule has 0 spiro atoms. The van der Waals surface area contributed by atoms with Crippen LogP contribution in [0.1, 0.15) is 63.1 Å². The number of para-hydroxylation sites is 1. The lowest BCUT2D eigenvalue weighted by Gasteiger charge is -2.41. The number of hydrogen-bond donors (Lipinski definition) is 1. The number of aryl methyl sites for hydroxylation is 1. The van der Waals surface area contributed by atoms with Gasteiger partial charge in [-0.1, -0.05) is 44.2 Å². The summed E-state index contributed by atoms with van der Waals surface area (Å²) in [5.41, 5.74) is 2.32. The molecule has 7 heteroatoms. The van der Waals surface area contributed by atoms with Crippen molar-refractivity contribution in [2.24, 2.45) is 0 Å². The third-order valence-corrected chi connectivity index (χ3v) is 7.47. The number of ether oxygens (including phenoxy) is 1. The first kappa shape index (κ1) is 24.1. The first-order chi connectivity index (χ1) is 15.2. The Labute approximate surface area is 192 Å². The van der Waals surface area contributed by atoms with Crippen molar-refractivity contribution in [2.45, 2.75) is 64.5 Å². The number of benzene rings is 2. The van der Waals surface area contributed by atoms with E-state index in [9.17, 15) is 13.2 Å². The van der Waals surface area contributed by atoms with Gasteiger partial charge in [0.25, 0.3) is 0 Å². The maximum atomic E-state index is 12.8. The number of carbonyl (C=O) groups is 1. The summed E-state index contributed by atoms with van der Waals surface area (Å²) in [6.07, 6.45) is 4.34. The van der Waals surface area contributed by atoms with Gasteiger partial charge in [0.05, 0.1) is 18.0 Å². The van der Waals surface area contributed by atoms with Gasteiger partial charge in [-0.05, 0) is 49.9 Å². The van der Waals surface area contributed by atoms with Crippen LogP contribution in [0.3, 0.4) is 0 Å². The van der Waals surface area contributed by atoms with Crippen molar-refractivity contribution in [2.75, 3.05) is 17.1 Å². The molecule has 0 saturated heterocycles. The van der Waals surface area contributed by atoms with Crippen LogP contribution in [0, 0.1) is 6.92 Å². The summed E-state index contributed by atoms with van der Waals surface area (Å²) >= 11 is 0. The molecule has 2 aromatic carbocycles. The van der Waals surface area contributed by atoms with E-state index >= 15 is 0 Å². The summed E-state index contributed by atoms with van der Waals surface area (Å²) in [7, 11) is -3.44. The first-order valence-electron chi connectivity index (χ1n) is 11.3. The van der Waals surface area contributed by atoms with Crippen LogP contribution in [0.2, 0.25) is 0 Å². The van der Waals surface area contributed by atoms with Crippen molar-refractivity contribution in [3.8, 4) is 5.75 Å². The predicted molar refractivity (Wildman–Crippen MR) is 128 cm³/mol. The highest BCUT2D eigenvalue weighted by Gasteiger charge is 2.38. The SMILES string of the molecule is CCC1(CC)C[C@@H](NC(=O)CCCN(c2cccc(C)c2)S(C)(=O)=O)c2ccccc2O1. The number of sulfonamides is 1. The zero-order valence-electron chi connectivity index (χ0n) is 19.4. The van der Waals surface area contributed by atoms with Crippen LogP contribution in [0.5, 0.6) is 5.75 Å². The Morgan fingerprint density at radius 3 is 2.53 bits per heavy atom. The third kappa shape index (κ3) is 5.63. The quantitative estimate of drug-likeness (QED) is 0.589. The molecule has 0 unspecified atom stereocenters. The fourth-order valence-electron chi connectivity index (χ4n) is 4.35. The van der Waals surface area contributed by atoms with Gasteiger partial charge in [-0.25, -0.2) is 8.42 Å². The second-order valence-electron chi connectivity index (χ2n) is 8.63. The number of anilines is 1. The molecule has 1 heterocycles. The second-order valence-corrected chi connectivity index (χ2v) is 10.5. The number of nitrogens with zero attached hydrogens (tertiary/aromatic N) is 1. The molecule has 1 amide bonds. The zero-order chi connectivity index (χ0) is 23.4. The van der Waals surface area contributed by atoms with Gasteiger partial charge in [0.1, 0.15) is 11.4 Å². The van der Waals surface area contributed by atoms with E-state index in [1.807, 2.05) is 49.4 Å². The molecular formula is C25H34N2O4S. The number of carbonyl (C=O) groups excluding carboxylic acids is 1. The summed E-state index contributed by atoms with van der Waals surface area (Å²) < 4.78 is 32.3. The highest BCUT2D eigenvalue weighted by atomic mass is 32.2.